The molecule has 0 heterocycles. The van der Waals surface area contributed by atoms with Crippen LogP contribution in [-0.2, 0) is 0 Å². The van der Waals surface area contributed by atoms with Crippen LogP contribution >= 0.6 is 0 Å². The van der Waals surface area contributed by atoms with Crippen molar-refractivity contribution < 1.29 is 22.7 Å². The third kappa shape index (κ3) is 4.25. The molecule has 23 heavy (non-hydrogen) atoms. The van der Waals surface area contributed by atoms with Crippen LogP contribution in [0.15, 0.2) is 36.4 Å². The Kier molecular flexibility index (Phi) is 4.63. The van der Waals surface area contributed by atoms with E-state index in [1.54, 1.807) is 12.1 Å². The fourth-order valence-corrected chi connectivity index (χ4v) is 2.10. The van der Waals surface area contributed by atoms with E-state index < -0.39 is 12.2 Å². The molecule has 0 spiro atoms. The number of amides is 1. The van der Waals surface area contributed by atoms with Crippen molar-refractivity contribution >= 4 is 5.91 Å². The molecule has 3 nitrogen and oxygen atoms in total. The number of para-hydroxylation sites is 1. The second kappa shape index (κ2) is 6.32. The molecule has 2 rings (SSSR count). The molecule has 0 unspecified atom stereocenters. The van der Waals surface area contributed by atoms with E-state index in [1.165, 1.54) is 18.2 Å². The number of ether oxygens (including phenoxy) is 1. The maximum Gasteiger partial charge on any atom is 0.484 e. The van der Waals surface area contributed by atoms with Gasteiger partial charge in [-0.25, -0.2) is 0 Å². The van der Waals surface area contributed by atoms with Crippen molar-refractivity contribution in [1.82, 2.24) is 5.32 Å². The van der Waals surface area contributed by atoms with Crippen LogP contribution < -0.4 is 10.1 Å². The molecule has 0 saturated carbocycles. The highest BCUT2D eigenvalue weighted by atomic mass is 19.4. The zero-order valence-electron chi connectivity index (χ0n) is 12.9. The van der Waals surface area contributed by atoms with Gasteiger partial charge in [-0.2, -0.15) is 13.2 Å². The summed E-state index contributed by atoms with van der Waals surface area (Å²) in [5, 5.41) is 0.978. The number of rotatable bonds is 3. The number of aryl methyl sites for hydroxylation is 3. The van der Waals surface area contributed by atoms with Crippen LogP contribution in [-0.4, -0.2) is 12.2 Å². The first-order valence-corrected chi connectivity index (χ1v) is 6.91. The lowest BCUT2D eigenvalue weighted by Gasteiger charge is -2.15. The second-order valence-corrected chi connectivity index (χ2v) is 5.25. The van der Waals surface area contributed by atoms with Crippen LogP contribution in [0.4, 0.5) is 13.2 Å². The Hall–Kier alpha value is -2.50. The molecular weight excluding hydrogens is 307 g/mol. The molecule has 0 radical (unpaired) electrons. The molecule has 2 aromatic carbocycles. The number of carbonyl (C=O) groups is 1. The van der Waals surface area contributed by atoms with Crippen molar-refractivity contribution in [2.45, 2.75) is 27.1 Å². The van der Waals surface area contributed by atoms with Crippen molar-refractivity contribution in [3.05, 3.63) is 58.7 Å². The van der Waals surface area contributed by atoms with Crippen molar-refractivity contribution in [3.8, 4) is 11.5 Å². The van der Waals surface area contributed by atoms with E-state index in [4.69, 9.17) is 4.74 Å². The topological polar surface area (TPSA) is 38.3 Å². The Balaban J connectivity index is 2.35. The summed E-state index contributed by atoms with van der Waals surface area (Å²) >= 11 is 0. The minimum atomic E-state index is -4.79. The summed E-state index contributed by atoms with van der Waals surface area (Å²) in [5.41, 5.74) is 2.72. The van der Waals surface area contributed by atoms with Crippen LogP contribution in [0.2, 0.25) is 0 Å². The van der Waals surface area contributed by atoms with Gasteiger partial charge in [0.1, 0.15) is 11.5 Å². The average Bonchev–Trinajstić information content (AvgIpc) is 2.43. The molecule has 0 aromatic heterocycles. The van der Waals surface area contributed by atoms with Crippen LogP contribution in [0, 0.1) is 20.8 Å². The highest BCUT2D eigenvalue weighted by Gasteiger charge is 2.31. The fraction of sp³-hybridized carbons (Fsp3) is 0.235. The summed E-state index contributed by atoms with van der Waals surface area (Å²) in [5.74, 6) is -0.685. The molecule has 2 aromatic rings. The van der Waals surface area contributed by atoms with E-state index in [-0.39, 0.29) is 11.3 Å². The summed E-state index contributed by atoms with van der Waals surface area (Å²) in [6.07, 6.45) is -4.79. The zero-order valence-corrected chi connectivity index (χ0v) is 12.9. The molecule has 0 aliphatic rings. The number of benzene rings is 2. The van der Waals surface area contributed by atoms with Crippen LogP contribution in [0.25, 0.3) is 0 Å². The van der Waals surface area contributed by atoms with Gasteiger partial charge in [-0.3, -0.25) is 10.1 Å². The molecule has 1 N–H and O–H groups in total. The van der Waals surface area contributed by atoms with Crippen LogP contribution in [0.3, 0.4) is 0 Å². The molecule has 1 amide bonds. The molecule has 0 aliphatic heterocycles. The normalized spacial score (nSPS) is 11.2. The van der Waals surface area contributed by atoms with Gasteiger partial charge in [-0.05, 0) is 55.7 Å². The number of alkyl halides is 3. The van der Waals surface area contributed by atoms with Gasteiger partial charge in [0.25, 0.3) is 5.91 Å². The van der Waals surface area contributed by atoms with Crippen molar-refractivity contribution in [3.63, 3.8) is 0 Å². The summed E-state index contributed by atoms with van der Waals surface area (Å²) in [6.45, 7) is 5.70. The molecular formula is C17H16F3NO2. The Labute approximate surface area is 132 Å². The lowest BCUT2D eigenvalue weighted by Crippen LogP contribution is -2.37. The van der Waals surface area contributed by atoms with Gasteiger partial charge in [0, 0.05) is 0 Å². The fourth-order valence-electron chi connectivity index (χ4n) is 2.10. The SMILES string of the molecule is Cc1cc(C)c(Oc2ccccc2C(=O)NC(F)(F)F)cc1C. The lowest BCUT2D eigenvalue weighted by molar-refractivity contribution is -0.146. The van der Waals surface area contributed by atoms with Crippen molar-refractivity contribution in [1.29, 1.82) is 0 Å². The maximum absolute atomic E-state index is 12.3. The Morgan fingerprint density at radius 3 is 2.22 bits per heavy atom. The number of hydrogen-bond donors (Lipinski definition) is 1. The summed E-state index contributed by atoms with van der Waals surface area (Å²) in [6, 6.07) is 9.53. The first kappa shape index (κ1) is 16.9. The number of nitrogens with one attached hydrogen (secondary N) is 1. The van der Waals surface area contributed by atoms with Crippen LogP contribution in [0.1, 0.15) is 27.0 Å². The summed E-state index contributed by atoms with van der Waals surface area (Å²) in [4.78, 5) is 11.8. The Bertz CT molecular complexity index is 739. The highest BCUT2D eigenvalue weighted by molar-refractivity contribution is 5.97. The molecule has 0 bridgehead atoms. The number of carbonyl (C=O) groups excluding carboxylic acids is 1. The molecule has 6 heteroatoms. The van der Waals surface area contributed by atoms with E-state index >= 15 is 0 Å². The Morgan fingerprint density at radius 1 is 0.957 bits per heavy atom. The number of hydrogen-bond acceptors (Lipinski definition) is 2. The van der Waals surface area contributed by atoms with E-state index in [9.17, 15) is 18.0 Å². The maximum atomic E-state index is 12.3. The first-order chi connectivity index (χ1) is 10.7. The molecule has 0 fully saturated rings. The van der Waals surface area contributed by atoms with Gasteiger partial charge in [-0.15, -0.1) is 0 Å². The Morgan fingerprint density at radius 2 is 1.57 bits per heavy atom. The van der Waals surface area contributed by atoms with Crippen LogP contribution in [0.5, 0.6) is 11.5 Å². The monoisotopic (exact) mass is 323 g/mol. The van der Waals surface area contributed by atoms with Gasteiger partial charge < -0.3 is 4.74 Å². The predicted molar refractivity (Wildman–Crippen MR) is 80.7 cm³/mol. The quantitative estimate of drug-likeness (QED) is 0.835. The highest BCUT2D eigenvalue weighted by Crippen LogP contribution is 2.30. The number of halogens is 3. The van der Waals surface area contributed by atoms with E-state index in [2.05, 4.69) is 0 Å². The van der Waals surface area contributed by atoms with Gasteiger partial charge >= 0.3 is 6.30 Å². The molecule has 0 atom stereocenters. The second-order valence-electron chi connectivity index (χ2n) is 5.25. The third-order valence-corrected chi connectivity index (χ3v) is 3.40. The van der Waals surface area contributed by atoms with E-state index in [0.29, 0.717) is 5.75 Å². The largest absolute Gasteiger partial charge is 0.484 e. The average molecular weight is 323 g/mol. The van der Waals surface area contributed by atoms with E-state index in [1.807, 2.05) is 26.8 Å². The van der Waals surface area contributed by atoms with Gasteiger partial charge in [0.2, 0.25) is 0 Å². The lowest BCUT2D eigenvalue weighted by atomic mass is 10.1. The predicted octanol–water partition coefficient (Wildman–Crippen LogP) is 4.65. The van der Waals surface area contributed by atoms with Gasteiger partial charge in [-0.1, -0.05) is 18.2 Å². The smallest absolute Gasteiger partial charge is 0.456 e. The summed E-state index contributed by atoms with van der Waals surface area (Å²) in [7, 11) is 0. The minimum Gasteiger partial charge on any atom is -0.456 e. The minimum absolute atomic E-state index is 0.0700. The van der Waals surface area contributed by atoms with Gasteiger partial charge in [0.05, 0.1) is 5.56 Å². The zero-order chi connectivity index (χ0) is 17.2. The first-order valence-electron chi connectivity index (χ1n) is 6.91. The molecule has 122 valence electrons. The molecule has 0 saturated heterocycles. The summed E-state index contributed by atoms with van der Waals surface area (Å²) < 4.78 is 42.7. The van der Waals surface area contributed by atoms with Gasteiger partial charge in [0.15, 0.2) is 0 Å². The van der Waals surface area contributed by atoms with Crippen molar-refractivity contribution in [2.24, 2.45) is 0 Å². The standard InChI is InChI=1S/C17H16F3NO2/c1-10-8-12(3)15(9-11(10)2)23-14-7-5-4-6-13(14)16(22)21-17(18,19)20/h4-9H,1-3H3,(H,21,22). The third-order valence-electron chi connectivity index (χ3n) is 3.40. The van der Waals surface area contributed by atoms with Crippen molar-refractivity contribution in [2.75, 3.05) is 0 Å². The molecule has 0 aliphatic carbocycles. The van der Waals surface area contributed by atoms with E-state index in [0.717, 1.165) is 22.0 Å².